The lowest BCUT2D eigenvalue weighted by atomic mass is 9.77. The van der Waals surface area contributed by atoms with E-state index in [-0.39, 0.29) is 24.2 Å². The maximum Gasteiger partial charge on any atom is 0.430 e. The summed E-state index contributed by atoms with van der Waals surface area (Å²) in [5, 5.41) is 21.4. The van der Waals surface area contributed by atoms with Gasteiger partial charge in [0.25, 0.3) is 11.8 Å². The van der Waals surface area contributed by atoms with Crippen molar-refractivity contribution in [2.24, 2.45) is 28.8 Å². The van der Waals surface area contributed by atoms with E-state index >= 15 is 0 Å². The first kappa shape index (κ1) is 43.1. The number of hydrazine groups is 2. The van der Waals surface area contributed by atoms with Crippen molar-refractivity contribution in [2.45, 2.75) is 105 Å². The van der Waals surface area contributed by atoms with Gasteiger partial charge >= 0.3 is 24.0 Å². The molecule has 1 aromatic heterocycles. The molecule has 16 heteroatoms. The number of nitrogens with one attached hydrogen (secondary N) is 1. The Balaban J connectivity index is 2.62. The number of amides is 3. The average molecular weight is 729 g/mol. The van der Waals surface area contributed by atoms with Gasteiger partial charge in [-0.15, -0.1) is 0 Å². The third kappa shape index (κ3) is 13.2. The van der Waals surface area contributed by atoms with Crippen LogP contribution in [0.1, 0.15) is 91.1 Å². The molecule has 0 saturated carbocycles. The minimum Gasteiger partial charge on any atom is -0.481 e. The Bertz CT molecular complexity index is 1580. The van der Waals surface area contributed by atoms with Crippen molar-refractivity contribution in [3.05, 3.63) is 59.8 Å². The Kier molecular flexibility index (Phi) is 14.4. The maximum atomic E-state index is 14.2. The lowest BCUT2D eigenvalue weighted by molar-refractivity contribution is -0.168. The topological polar surface area (TPSA) is 245 Å². The second kappa shape index (κ2) is 17.4. The minimum absolute atomic E-state index is 0.0404. The monoisotopic (exact) mass is 728 g/mol. The third-order valence-electron chi connectivity index (χ3n) is 7.63. The summed E-state index contributed by atoms with van der Waals surface area (Å²) in [6.45, 7) is 14.6. The van der Waals surface area contributed by atoms with Gasteiger partial charge in [-0.1, -0.05) is 51.1 Å². The number of carboxylic acids is 2. The zero-order valence-corrected chi connectivity index (χ0v) is 31.2. The number of esters is 1. The van der Waals surface area contributed by atoms with Gasteiger partial charge in [0.1, 0.15) is 11.2 Å². The Labute approximate surface area is 303 Å². The van der Waals surface area contributed by atoms with Gasteiger partial charge in [-0.3, -0.25) is 24.6 Å². The fourth-order valence-corrected chi connectivity index (χ4v) is 5.00. The van der Waals surface area contributed by atoms with Crippen LogP contribution in [0.5, 0.6) is 0 Å². The molecule has 0 bridgehead atoms. The number of aliphatic carboxylic acids is 2. The van der Waals surface area contributed by atoms with Crippen LogP contribution in [0.4, 0.5) is 10.6 Å². The van der Waals surface area contributed by atoms with Crippen LogP contribution in [0, 0.1) is 17.3 Å². The fraction of sp³-hybridized carbons (Fsp3) is 0.528. The van der Waals surface area contributed by atoms with E-state index in [1.165, 1.54) is 12.1 Å². The number of hydrogen-bond acceptors (Lipinski definition) is 11. The van der Waals surface area contributed by atoms with Crippen molar-refractivity contribution in [2.75, 3.05) is 5.01 Å². The first-order valence-corrected chi connectivity index (χ1v) is 16.7. The number of aromatic nitrogens is 1. The molecule has 3 amide bonds. The average Bonchev–Trinajstić information content (AvgIpc) is 3.01. The van der Waals surface area contributed by atoms with Gasteiger partial charge in [-0.05, 0) is 83.9 Å². The van der Waals surface area contributed by atoms with E-state index in [0.717, 1.165) is 6.20 Å². The largest absolute Gasteiger partial charge is 0.481 e. The molecule has 2 aromatic rings. The molecule has 0 radical (unpaired) electrons. The van der Waals surface area contributed by atoms with Crippen LogP contribution in [-0.2, 0) is 35.1 Å². The number of nitrogens with zero attached hydrogens (tertiary/aromatic N) is 3. The van der Waals surface area contributed by atoms with Crippen LogP contribution < -0.4 is 22.0 Å². The number of hydrogen-bond donors (Lipinski definition) is 5. The molecule has 0 spiro atoms. The molecule has 2 unspecified atom stereocenters. The molecule has 2 rings (SSSR count). The standard InChI is InChI=1S/C36H52N6O10/c1-34(2,3)24(31(47)48)19-25(37)29(44)42(40-28(43)22-15-16-27(39-20-22)41(38)33(50)52-36(7,8)9)26(32(49)51-35(4,5)6)18-23(30(45)46)17-21-13-11-10-12-14-21/h10-16,20,23-26H,17-19,37-38H2,1-9H3,(H,40,43)(H,45,46)(H,47,48)/t23?,24?,25-,26-/m0/s1. The predicted molar refractivity (Wildman–Crippen MR) is 190 cm³/mol. The normalized spacial score (nSPS) is 14.2. The predicted octanol–water partition coefficient (Wildman–Crippen LogP) is 3.68. The van der Waals surface area contributed by atoms with E-state index in [0.29, 0.717) is 15.6 Å². The SMILES string of the molecule is CC(C)(C)OC(=O)[C@H](CC(Cc1ccccc1)C(=O)O)N(NC(=O)c1ccc(N(N)C(=O)OC(C)(C)C)nc1)C(=O)[C@@H](N)CC(C(=O)O)C(C)(C)C. The quantitative estimate of drug-likeness (QED) is 0.0856. The Morgan fingerprint density at radius 2 is 1.40 bits per heavy atom. The highest BCUT2D eigenvalue weighted by Gasteiger charge is 2.42. The van der Waals surface area contributed by atoms with Gasteiger partial charge in [0.05, 0.1) is 23.4 Å². The van der Waals surface area contributed by atoms with Crippen LogP contribution >= 0.6 is 0 Å². The Morgan fingerprint density at radius 1 is 0.827 bits per heavy atom. The molecule has 0 aliphatic rings. The smallest absolute Gasteiger partial charge is 0.430 e. The number of carbonyl (C=O) groups is 6. The number of rotatable bonds is 13. The zero-order valence-electron chi connectivity index (χ0n) is 31.2. The Morgan fingerprint density at radius 3 is 1.87 bits per heavy atom. The van der Waals surface area contributed by atoms with Crippen molar-refractivity contribution in [3.63, 3.8) is 0 Å². The summed E-state index contributed by atoms with van der Waals surface area (Å²) in [5.74, 6) is -2.18. The highest BCUT2D eigenvalue weighted by Crippen LogP contribution is 2.30. The third-order valence-corrected chi connectivity index (χ3v) is 7.63. The molecule has 1 heterocycles. The van der Waals surface area contributed by atoms with Crippen LogP contribution in [0.3, 0.4) is 0 Å². The summed E-state index contributed by atoms with van der Waals surface area (Å²) >= 11 is 0. The number of pyridine rings is 1. The number of nitrogens with two attached hydrogens (primary N) is 2. The van der Waals surface area contributed by atoms with Gasteiger partial charge in [-0.25, -0.2) is 25.4 Å². The molecule has 0 aliphatic carbocycles. The summed E-state index contributed by atoms with van der Waals surface area (Å²) < 4.78 is 10.8. The Hall–Kier alpha value is -5.09. The van der Waals surface area contributed by atoms with Crippen molar-refractivity contribution in [3.8, 4) is 0 Å². The molecule has 0 saturated heterocycles. The van der Waals surface area contributed by atoms with E-state index in [1.54, 1.807) is 92.6 Å². The van der Waals surface area contributed by atoms with Crippen LogP contribution in [0.2, 0.25) is 0 Å². The maximum absolute atomic E-state index is 14.2. The van der Waals surface area contributed by atoms with Crippen LogP contribution in [0.15, 0.2) is 48.7 Å². The van der Waals surface area contributed by atoms with E-state index < -0.39 is 82.8 Å². The molecule has 0 aliphatic heterocycles. The van der Waals surface area contributed by atoms with E-state index in [4.69, 9.17) is 21.1 Å². The summed E-state index contributed by atoms with van der Waals surface area (Å²) in [5.41, 5.74) is 6.39. The summed E-state index contributed by atoms with van der Waals surface area (Å²) in [7, 11) is 0. The lowest BCUT2D eigenvalue weighted by Gasteiger charge is -2.36. The van der Waals surface area contributed by atoms with Crippen molar-refractivity contribution in [1.82, 2.24) is 15.4 Å². The van der Waals surface area contributed by atoms with E-state index in [1.807, 2.05) is 0 Å². The number of benzene rings is 1. The number of anilines is 1. The molecule has 16 nitrogen and oxygen atoms in total. The second-order valence-electron chi connectivity index (χ2n) is 15.5. The molecule has 4 atom stereocenters. The molecule has 1 aromatic carbocycles. The number of ether oxygens (including phenoxy) is 2. The highest BCUT2D eigenvalue weighted by molar-refractivity contribution is 5.97. The van der Waals surface area contributed by atoms with Crippen molar-refractivity contribution < 1.29 is 48.5 Å². The van der Waals surface area contributed by atoms with Gasteiger partial charge in [0, 0.05) is 6.20 Å². The minimum atomic E-state index is -1.73. The second-order valence-corrected chi connectivity index (χ2v) is 15.5. The molecular weight excluding hydrogens is 676 g/mol. The molecule has 0 fully saturated rings. The van der Waals surface area contributed by atoms with Crippen molar-refractivity contribution >= 4 is 41.6 Å². The number of carboxylic acid groups (broad SMARTS) is 2. The van der Waals surface area contributed by atoms with Crippen LogP contribution in [0.25, 0.3) is 0 Å². The summed E-state index contributed by atoms with van der Waals surface area (Å²) in [6, 6.07) is 7.79. The molecule has 7 N–H and O–H groups in total. The zero-order chi connectivity index (χ0) is 39.8. The molecule has 52 heavy (non-hydrogen) atoms. The van der Waals surface area contributed by atoms with Gasteiger partial charge in [0.15, 0.2) is 11.9 Å². The highest BCUT2D eigenvalue weighted by atomic mass is 16.6. The molecule has 286 valence electrons. The van der Waals surface area contributed by atoms with Crippen LogP contribution in [-0.4, -0.2) is 79.3 Å². The first-order valence-electron chi connectivity index (χ1n) is 16.7. The van der Waals surface area contributed by atoms with Crippen molar-refractivity contribution in [1.29, 1.82) is 0 Å². The lowest BCUT2D eigenvalue weighted by Crippen LogP contribution is -2.61. The van der Waals surface area contributed by atoms with E-state index in [2.05, 4.69) is 10.4 Å². The van der Waals surface area contributed by atoms with E-state index in [9.17, 15) is 39.0 Å². The summed E-state index contributed by atoms with van der Waals surface area (Å²) in [4.78, 5) is 83.0. The van der Waals surface area contributed by atoms with Gasteiger partial charge < -0.3 is 25.4 Å². The summed E-state index contributed by atoms with van der Waals surface area (Å²) in [6.07, 6.45) is -0.808. The van der Waals surface area contributed by atoms with Gasteiger partial charge in [-0.2, -0.15) is 5.01 Å². The number of carbonyl (C=O) groups excluding carboxylic acids is 4. The van der Waals surface area contributed by atoms with Gasteiger partial charge in [0.2, 0.25) is 0 Å². The molecular formula is C36H52N6O10. The fourth-order valence-electron chi connectivity index (χ4n) is 5.00. The first-order chi connectivity index (χ1) is 23.8.